The van der Waals surface area contributed by atoms with Gasteiger partial charge in [0.25, 0.3) is 0 Å². The second-order valence-corrected chi connectivity index (χ2v) is 8.84. The lowest BCUT2D eigenvalue weighted by Crippen LogP contribution is -2.24. The van der Waals surface area contributed by atoms with Crippen LogP contribution in [-0.2, 0) is 9.72 Å². The Bertz CT molecular complexity index is 978. The molecule has 0 aliphatic carbocycles. The van der Waals surface area contributed by atoms with Crippen LogP contribution in [0.5, 0.6) is 0 Å². The van der Waals surface area contributed by atoms with Crippen molar-refractivity contribution in [2.75, 3.05) is 0 Å². The second-order valence-electron chi connectivity index (χ2n) is 6.90. The fourth-order valence-corrected chi connectivity index (χ4v) is 5.21. The molecule has 0 aliphatic heterocycles. The van der Waals surface area contributed by atoms with Crippen molar-refractivity contribution in [3.63, 3.8) is 0 Å². The molecular formula is C22H25O3P. The summed E-state index contributed by atoms with van der Waals surface area (Å²) in [7, 11) is -4.31. The summed E-state index contributed by atoms with van der Waals surface area (Å²) in [5.74, 6) is 0. The molecule has 0 bridgehead atoms. The highest BCUT2D eigenvalue weighted by atomic mass is 31.2. The average molecular weight is 368 g/mol. The van der Waals surface area contributed by atoms with Crippen molar-refractivity contribution in [1.29, 1.82) is 0 Å². The van der Waals surface area contributed by atoms with Crippen LogP contribution in [-0.4, -0.2) is 9.79 Å². The van der Waals surface area contributed by atoms with Gasteiger partial charge in [0.05, 0.1) is 5.16 Å². The van der Waals surface area contributed by atoms with E-state index in [1.807, 2.05) is 51.1 Å². The van der Waals surface area contributed by atoms with E-state index >= 15 is 0 Å². The lowest BCUT2D eigenvalue weighted by atomic mass is 9.88. The molecule has 0 saturated heterocycles. The zero-order chi connectivity index (χ0) is 18.9. The molecule has 3 aromatic rings. The molecule has 3 rings (SSSR count). The minimum atomic E-state index is -4.31. The Morgan fingerprint density at radius 3 is 2.23 bits per heavy atom. The summed E-state index contributed by atoms with van der Waals surface area (Å²) >= 11 is 0. The van der Waals surface area contributed by atoms with Crippen molar-refractivity contribution in [3.8, 4) is 11.1 Å². The monoisotopic (exact) mass is 368 g/mol. The Balaban J connectivity index is 2.28. The number of hydrogen-bond acceptors (Lipinski definition) is 1. The summed E-state index contributed by atoms with van der Waals surface area (Å²) in [5.41, 5.74) is 3.81. The Hall–Kier alpha value is -1.93. The minimum absolute atomic E-state index is 0.395. The van der Waals surface area contributed by atoms with E-state index < -0.39 is 12.8 Å². The van der Waals surface area contributed by atoms with Gasteiger partial charge in [0.15, 0.2) is 0 Å². The third-order valence-electron chi connectivity index (χ3n) is 5.44. The van der Waals surface area contributed by atoms with Crippen LogP contribution in [0.15, 0.2) is 60.7 Å². The van der Waals surface area contributed by atoms with Gasteiger partial charge in [0.1, 0.15) is 0 Å². The topological polar surface area (TPSA) is 57.5 Å². The highest BCUT2D eigenvalue weighted by Gasteiger charge is 2.45. The minimum Gasteiger partial charge on any atom is -0.324 e. The van der Waals surface area contributed by atoms with Gasteiger partial charge in [-0.15, -0.1) is 0 Å². The molecule has 0 radical (unpaired) electrons. The van der Waals surface area contributed by atoms with Gasteiger partial charge >= 0.3 is 7.60 Å². The van der Waals surface area contributed by atoms with Gasteiger partial charge in [0, 0.05) is 0 Å². The summed E-state index contributed by atoms with van der Waals surface area (Å²) < 4.78 is 12.4. The molecule has 2 N–H and O–H groups in total. The van der Waals surface area contributed by atoms with Crippen LogP contribution in [0.4, 0.5) is 0 Å². The maximum atomic E-state index is 12.4. The molecule has 0 amide bonds. The zero-order valence-corrected chi connectivity index (χ0v) is 16.3. The molecule has 0 aromatic heterocycles. The maximum Gasteiger partial charge on any atom is 0.335 e. The molecule has 26 heavy (non-hydrogen) atoms. The molecule has 0 saturated carbocycles. The third-order valence-corrected chi connectivity index (χ3v) is 7.45. The van der Waals surface area contributed by atoms with Crippen LogP contribution in [0.1, 0.15) is 37.8 Å². The van der Waals surface area contributed by atoms with Gasteiger partial charge in [0.2, 0.25) is 0 Å². The van der Waals surface area contributed by atoms with Gasteiger partial charge in [-0.25, -0.2) is 0 Å². The van der Waals surface area contributed by atoms with E-state index in [4.69, 9.17) is 0 Å². The van der Waals surface area contributed by atoms with E-state index in [-0.39, 0.29) is 0 Å². The maximum absolute atomic E-state index is 12.4. The van der Waals surface area contributed by atoms with Crippen molar-refractivity contribution in [1.82, 2.24) is 0 Å². The molecule has 3 aromatic carbocycles. The van der Waals surface area contributed by atoms with E-state index in [9.17, 15) is 14.4 Å². The number of hydrogen-bond donors (Lipinski definition) is 2. The first kappa shape index (κ1) is 18.8. The van der Waals surface area contributed by atoms with Crippen molar-refractivity contribution in [3.05, 3.63) is 71.8 Å². The van der Waals surface area contributed by atoms with Gasteiger partial charge in [-0.05, 0) is 53.3 Å². The Morgan fingerprint density at radius 1 is 0.923 bits per heavy atom. The van der Waals surface area contributed by atoms with Gasteiger partial charge < -0.3 is 9.79 Å². The molecule has 4 heteroatoms. The average Bonchev–Trinajstić information content (AvgIpc) is 2.61. The van der Waals surface area contributed by atoms with Crippen molar-refractivity contribution in [2.24, 2.45) is 0 Å². The van der Waals surface area contributed by atoms with Crippen LogP contribution < -0.4 is 0 Å². The molecule has 0 fully saturated rings. The Kier molecular flexibility index (Phi) is 5.07. The van der Waals surface area contributed by atoms with Gasteiger partial charge in [-0.3, -0.25) is 4.57 Å². The summed E-state index contributed by atoms with van der Waals surface area (Å²) in [6.45, 7) is 5.68. The first-order valence-corrected chi connectivity index (χ1v) is 10.6. The van der Waals surface area contributed by atoms with Crippen LogP contribution >= 0.6 is 7.60 Å². The fraction of sp³-hybridized carbons (Fsp3) is 0.273. The number of aryl methyl sites for hydroxylation is 1. The SMILES string of the molecule is CCC(CC)(c1cc(C)cc(-c2cccc3ccccc23)c1)P(=O)(O)O. The van der Waals surface area contributed by atoms with Crippen LogP contribution in [0.2, 0.25) is 0 Å². The molecule has 136 valence electrons. The number of rotatable bonds is 5. The molecule has 0 atom stereocenters. The van der Waals surface area contributed by atoms with E-state index in [1.165, 1.54) is 0 Å². The Labute approximate surface area is 154 Å². The highest BCUT2D eigenvalue weighted by Crippen LogP contribution is 2.61. The van der Waals surface area contributed by atoms with Crippen molar-refractivity contribution in [2.45, 2.75) is 38.8 Å². The molecule has 0 aliphatic rings. The third kappa shape index (κ3) is 3.12. The number of fused-ring (bicyclic) bond motifs is 1. The predicted octanol–water partition coefficient (Wildman–Crippen LogP) is 6.01. The van der Waals surface area contributed by atoms with Crippen molar-refractivity contribution < 1.29 is 14.4 Å². The van der Waals surface area contributed by atoms with Crippen molar-refractivity contribution >= 4 is 18.4 Å². The van der Waals surface area contributed by atoms with E-state index in [2.05, 4.69) is 30.3 Å². The van der Waals surface area contributed by atoms with E-state index in [0.29, 0.717) is 12.8 Å². The van der Waals surface area contributed by atoms with E-state index in [1.54, 1.807) is 0 Å². The zero-order valence-electron chi connectivity index (χ0n) is 15.4. The smallest absolute Gasteiger partial charge is 0.324 e. The largest absolute Gasteiger partial charge is 0.335 e. The predicted molar refractivity (Wildman–Crippen MR) is 108 cm³/mol. The highest BCUT2D eigenvalue weighted by molar-refractivity contribution is 7.53. The summed E-state index contributed by atoms with van der Waals surface area (Å²) in [4.78, 5) is 20.2. The fourth-order valence-electron chi connectivity index (χ4n) is 3.92. The summed E-state index contributed by atoms with van der Waals surface area (Å²) in [6, 6.07) is 20.3. The normalized spacial score (nSPS) is 12.5. The molecule has 0 heterocycles. The standard InChI is InChI=1S/C22H25O3P/c1-4-22(5-2,26(23,24)25)19-14-16(3)13-18(15-19)21-12-8-10-17-9-6-7-11-20(17)21/h6-15H,4-5H2,1-3H3,(H2,23,24,25). The first-order chi connectivity index (χ1) is 12.3. The van der Waals surface area contributed by atoms with Crippen LogP contribution in [0, 0.1) is 6.92 Å². The molecular weight excluding hydrogens is 343 g/mol. The molecule has 3 nitrogen and oxygen atoms in total. The van der Waals surface area contributed by atoms with Gasteiger partial charge in [-0.1, -0.05) is 74.0 Å². The molecule has 0 unspecified atom stereocenters. The lowest BCUT2D eigenvalue weighted by Gasteiger charge is -2.33. The summed E-state index contributed by atoms with van der Waals surface area (Å²) in [5, 5.41) is 1.15. The Morgan fingerprint density at radius 2 is 1.58 bits per heavy atom. The summed E-state index contributed by atoms with van der Waals surface area (Å²) in [6.07, 6.45) is 0.790. The molecule has 0 spiro atoms. The lowest BCUT2D eigenvalue weighted by molar-refractivity contribution is 0.315. The van der Waals surface area contributed by atoms with Crippen LogP contribution in [0.25, 0.3) is 21.9 Å². The number of benzene rings is 3. The van der Waals surface area contributed by atoms with Gasteiger partial charge in [-0.2, -0.15) is 0 Å². The second kappa shape index (κ2) is 7.00. The van der Waals surface area contributed by atoms with E-state index in [0.717, 1.165) is 33.0 Å². The van der Waals surface area contributed by atoms with Crippen LogP contribution in [0.3, 0.4) is 0 Å². The quantitative estimate of drug-likeness (QED) is 0.542. The first-order valence-electron chi connectivity index (χ1n) is 8.98.